The van der Waals surface area contributed by atoms with Crippen molar-refractivity contribution in [2.45, 2.75) is 25.8 Å². The molecule has 1 atom stereocenters. The summed E-state index contributed by atoms with van der Waals surface area (Å²) in [4.78, 5) is 15.6. The second-order valence-corrected chi connectivity index (χ2v) is 4.54. The normalized spacial score (nSPS) is 17.5. The summed E-state index contributed by atoms with van der Waals surface area (Å²) >= 11 is 1.44. The number of aromatic nitrogens is 1. The Kier molecular flexibility index (Phi) is 3.02. The lowest BCUT2D eigenvalue weighted by atomic mass is 10.2. The van der Waals surface area contributed by atoms with Crippen molar-refractivity contribution in [1.82, 2.24) is 4.98 Å². The van der Waals surface area contributed by atoms with Crippen LogP contribution in [0.15, 0.2) is 5.38 Å². The number of esters is 1. The Labute approximate surface area is 92.5 Å². The van der Waals surface area contributed by atoms with Gasteiger partial charge in [0, 0.05) is 5.38 Å². The maximum Gasteiger partial charge on any atom is 0.357 e. The van der Waals surface area contributed by atoms with Crippen LogP contribution in [-0.2, 0) is 4.74 Å². The molecule has 0 amide bonds. The Morgan fingerprint density at radius 1 is 1.80 bits per heavy atom. The van der Waals surface area contributed by atoms with Crippen molar-refractivity contribution < 1.29 is 9.53 Å². The van der Waals surface area contributed by atoms with Crippen molar-refractivity contribution in [2.24, 2.45) is 11.7 Å². The minimum atomic E-state index is -0.358. The zero-order chi connectivity index (χ0) is 10.8. The molecule has 0 aliphatic heterocycles. The molecular weight excluding hydrogens is 212 g/mol. The average molecular weight is 226 g/mol. The largest absolute Gasteiger partial charge is 0.461 e. The molecule has 2 rings (SSSR count). The first-order valence-electron chi connectivity index (χ1n) is 5.10. The summed E-state index contributed by atoms with van der Waals surface area (Å²) in [5.41, 5.74) is 6.37. The molecule has 0 aromatic carbocycles. The van der Waals surface area contributed by atoms with Gasteiger partial charge in [-0.15, -0.1) is 11.3 Å². The summed E-state index contributed by atoms with van der Waals surface area (Å²) in [7, 11) is 0. The summed E-state index contributed by atoms with van der Waals surface area (Å²) < 4.78 is 4.86. The van der Waals surface area contributed by atoms with E-state index in [1.807, 2.05) is 0 Å². The summed E-state index contributed by atoms with van der Waals surface area (Å²) in [5, 5.41) is 2.57. The molecule has 15 heavy (non-hydrogen) atoms. The molecule has 5 heteroatoms. The number of carbonyl (C=O) groups is 1. The lowest BCUT2D eigenvalue weighted by molar-refractivity contribution is 0.0520. The monoisotopic (exact) mass is 226 g/mol. The van der Waals surface area contributed by atoms with Crippen LogP contribution in [-0.4, -0.2) is 17.6 Å². The van der Waals surface area contributed by atoms with E-state index in [4.69, 9.17) is 10.5 Å². The maximum absolute atomic E-state index is 11.3. The van der Waals surface area contributed by atoms with Gasteiger partial charge >= 0.3 is 5.97 Å². The standard InChI is InChI=1S/C10H14N2O2S/c1-2-14-10(13)7-5-15-9(12-7)8(11)6-3-4-6/h5-6,8H,2-4,11H2,1H3. The van der Waals surface area contributed by atoms with E-state index >= 15 is 0 Å². The molecule has 1 aliphatic carbocycles. The number of hydrogen-bond acceptors (Lipinski definition) is 5. The maximum atomic E-state index is 11.3. The van der Waals surface area contributed by atoms with Crippen LogP contribution in [0.5, 0.6) is 0 Å². The van der Waals surface area contributed by atoms with Gasteiger partial charge in [0.2, 0.25) is 0 Å². The third-order valence-electron chi connectivity index (χ3n) is 2.42. The highest BCUT2D eigenvalue weighted by Gasteiger charge is 2.31. The number of nitrogens with zero attached hydrogens (tertiary/aromatic N) is 1. The summed E-state index contributed by atoms with van der Waals surface area (Å²) in [5.74, 6) is 0.203. The Balaban J connectivity index is 2.05. The molecule has 4 nitrogen and oxygen atoms in total. The molecule has 0 spiro atoms. The molecule has 1 heterocycles. The number of rotatable bonds is 4. The summed E-state index contributed by atoms with van der Waals surface area (Å²) in [6.07, 6.45) is 2.35. The molecule has 2 N–H and O–H groups in total. The highest BCUT2D eigenvalue weighted by molar-refractivity contribution is 7.09. The van der Waals surface area contributed by atoms with Crippen molar-refractivity contribution in [2.75, 3.05) is 6.61 Å². The second-order valence-electron chi connectivity index (χ2n) is 3.65. The zero-order valence-electron chi connectivity index (χ0n) is 8.60. The molecule has 1 aliphatic rings. The fourth-order valence-electron chi connectivity index (χ4n) is 1.40. The third-order valence-corrected chi connectivity index (χ3v) is 3.37. The van der Waals surface area contributed by atoms with Gasteiger partial charge in [-0.05, 0) is 25.7 Å². The highest BCUT2D eigenvalue weighted by atomic mass is 32.1. The lowest BCUT2D eigenvalue weighted by Crippen LogP contribution is -2.13. The first-order valence-corrected chi connectivity index (χ1v) is 5.98. The molecule has 1 aromatic rings. The van der Waals surface area contributed by atoms with Gasteiger partial charge in [0.1, 0.15) is 5.01 Å². The molecule has 0 bridgehead atoms. The van der Waals surface area contributed by atoms with Crippen molar-refractivity contribution in [3.8, 4) is 0 Å². The van der Waals surface area contributed by atoms with Crippen LogP contribution < -0.4 is 5.73 Å². The quantitative estimate of drug-likeness (QED) is 0.794. The smallest absolute Gasteiger partial charge is 0.357 e. The molecule has 82 valence electrons. The van der Waals surface area contributed by atoms with Gasteiger partial charge in [0.05, 0.1) is 12.6 Å². The highest BCUT2D eigenvalue weighted by Crippen LogP contribution is 2.40. The molecule has 0 saturated heterocycles. The van der Waals surface area contributed by atoms with Gasteiger partial charge in [-0.2, -0.15) is 0 Å². The van der Waals surface area contributed by atoms with E-state index in [2.05, 4.69) is 4.98 Å². The van der Waals surface area contributed by atoms with E-state index in [1.54, 1.807) is 12.3 Å². The third kappa shape index (κ3) is 2.35. The number of hydrogen-bond donors (Lipinski definition) is 1. The summed E-state index contributed by atoms with van der Waals surface area (Å²) in [6, 6.07) is -0.00169. The van der Waals surface area contributed by atoms with Gasteiger partial charge in [-0.1, -0.05) is 0 Å². The number of carbonyl (C=O) groups excluding carboxylic acids is 1. The van der Waals surface area contributed by atoms with Crippen molar-refractivity contribution in [3.05, 3.63) is 16.1 Å². The predicted molar refractivity (Wildman–Crippen MR) is 57.7 cm³/mol. The van der Waals surface area contributed by atoms with Crippen LogP contribution in [0.3, 0.4) is 0 Å². The van der Waals surface area contributed by atoms with Crippen LogP contribution in [0.1, 0.15) is 41.3 Å². The summed E-state index contributed by atoms with van der Waals surface area (Å²) in [6.45, 7) is 2.15. The Morgan fingerprint density at radius 3 is 3.13 bits per heavy atom. The van der Waals surface area contributed by atoms with Gasteiger partial charge in [0.25, 0.3) is 0 Å². The van der Waals surface area contributed by atoms with Crippen molar-refractivity contribution in [3.63, 3.8) is 0 Å². The van der Waals surface area contributed by atoms with Crippen LogP contribution in [0, 0.1) is 5.92 Å². The van der Waals surface area contributed by atoms with Crippen LogP contribution >= 0.6 is 11.3 Å². The fourth-order valence-corrected chi connectivity index (χ4v) is 2.28. The van der Waals surface area contributed by atoms with E-state index in [1.165, 1.54) is 24.2 Å². The van der Waals surface area contributed by atoms with Crippen LogP contribution in [0.25, 0.3) is 0 Å². The molecule has 1 unspecified atom stereocenters. The number of ether oxygens (including phenoxy) is 1. The number of nitrogens with two attached hydrogens (primary N) is 1. The zero-order valence-corrected chi connectivity index (χ0v) is 9.42. The van der Waals surface area contributed by atoms with E-state index in [-0.39, 0.29) is 12.0 Å². The Bertz CT molecular complexity index is 360. The average Bonchev–Trinajstić information content (AvgIpc) is 2.95. The molecule has 1 fully saturated rings. The van der Waals surface area contributed by atoms with E-state index in [9.17, 15) is 4.79 Å². The first-order chi connectivity index (χ1) is 7.22. The van der Waals surface area contributed by atoms with Gasteiger partial charge in [-0.3, -0.25) is 0 Å². The van der Waals surface area contributed by atoms with Crippen molar-refractivity contribution in [1.29, 1.82) is 0 Å². The molecule has 0 radical (unpaired) electrons. The SMILES string of the molecule is CCOC(=O)c1csc(C(N)C2CC2)n1. The molecular formula is C10H14N2O2S. The van der Waals surface area contributed by atoms with E-state index in [0.717, 1.165) is 5.01 Å². The topological polar surface area (TPSA) is 65.2 Å². The minimum Gasteiger partial charge on any atom is -0.461 e. The van der Waals surface area contributed by atoms with Crippen LogP contribution in [0.4, 0.5) is 0 Å². The minimum absolute atomic E-state index is 0.00169. The Morgan fingerprint density at radius 2 is 2.53 bits per heavy atom. The van der Waals surface area contributed by atoms with E-state index in [0.29, 0.717) is 18.2 Å². The second kappa shape index (κ2) is 4.28. The van der Waals surface area contributed by atoms with Gasteiger partial charge < -0.3 is 10.5 Å². The Hall–Kier alpha value is -0.940. The van der Waals surface area contributed by atoms with E-state index < -0.39 is 0 Å². The van der Waals surface area contributed by atoms with Gasteiger partial charge in [0.15, 0.2) is 5.69 Å². The number of thiazole rings is 1. The molecule has 1 saturated carbocycles. The van der Waals surface area contributed by atoms with Crippen molar-refractivity contribution >= 4 is 17.3 Å². The predicted octanol–water partition coefficient (Wildman–Crippen LogP) is 1.73. The first kappa shape index (κ1) is 10.6. The fraction of sp³-hybridized carbons (Fsp3) is 0.600. The molecule has 1 aromatic heterocycles. The van der Waals surface area contributed by atoms with Crippen LogP contribution in [0.2, 0.25) is 0 Å². The lowest BCUT2D eigenvalue weighted by Gasteiger charge is -2.04. The van der Waals surface area contributed by atoms with Gasteiger partial charge in [-0.25, -0.2) is 9.78 Å².